The number of halogens is 2. The summed E-state index contributed by atoms with van der Waals surface area (Å²) in [5, 5.41) is 5.94. The molecule has 0 atom stereocenters. The third-order valence-electron chi connectivity index (χ3n) is 8.37. The van der Waals surface area contributed by atoms with Gasteiger partial charge in [0.2, 0.25) is 0 Å². The molecule has 2 aliphatic carbocycles. The summed E-state index contributed by atoms with van der Waals surface area (Å²) in [5.41, 5.74) is 2.74. The van der Waals surface area contributed by atoms with Crippen molar-refractivity contribution in [1.82, 2.24) is 19.7 Å². The van der Waals surface area contributed by atoms with Crippen LogP contribution in [0.2, 0.25) is 0 Å². The molecule has 6 rings (SSSR count). The van der Waals surface area contributed by atoms with Crippen LogP contribution in [0.5, 0.6) is 5.19 Å². The van der Waals surface area contributed by atoms with Crippen molar-refractivity contribution in [1.29, 1.82) is 0 Å². The molecule has 2 saturated carbocycles. The van der Waals surface area contributed by atoms with E-state index in [9.17, 15) is 13.6 Å². The average Bonchev–Trinajstić information content (AvgIpc) is 3.43. The first kappa shape index (κ1) is 24.9. The molecule has 6 nitrogen and oxygen atoms in total. The van der Waals surface area contributed by atoms with E-state index in [2.05, 4.69) is 15.0 Å². The highest BCUT2D eigenvalue weighted by Crippen LogP contribution is 2.41. The zero-order chi connectivity index (χ0) is 25.6. The predicted molar refractivity (Wildman–Crippen MR) is 139 cm³/mol. The van der Waals surface area contributed by atoms with Crippen LogP contribution in [0.3, 0.4) is 0 Å². The number of Topliss-reactive ketones (excluding diaryl/α,β-unsaturated/α-hetero) is 1. The molecule has 9 heteroatoms. The first-order chi connectivity index (χ1) is 17.8. The molecule has 0 radical (unpaired) electrons. The third-order valence-corrected chi connectivity index (χ3v) is 9.41. The summed E-state index contributed by atoms with van der Waals surface area (Å²) in [7, 11) is 1.89. The van der Waals surface area contributed by atoms with Crippen molar-refractivity contribution >= 4 is 28.0 Å². The number of alkyl halides is 2. The highest BCUT2D eigenvalue weighted by Gasteiger charge is 2.47. The van der Waals surface area contributed by atoms with E-state index in [0.717, 1.165) is 61.1 Å². The number of hydrogen-bond acceptors (Lipinski definition) is 6. The van der Waals surface area contributed by atoms with Crippen LogP contribution in [0.15, 0.2) is 24.4 Å². The van der Waals surface area contributed by atoms with Gasteiger partial charge in [0.15, 0.2) is 5.78 Å². The lowest BCUT2D eigenvalue weighted by Crippen LogP contribution is -2.43. The number of aryl methyl sites for hydroxylation is 1. The monoisotopic (exact) mass is 528 g/mol. The Labute approximate surface area is 220 Å². The SMILES string of the molecule is Cn1cc2c(C(=O)CC3CCC(CCN4CCc5sc(OC6CC(F)(F)C6)nc5C4)CC3)cccc2n1. The molecule has 0 N–H and O–H groups in total. The maximum atomic E-state index is 13.1. The number of rotatable bonds is 8. The maximum absolute atomic E-state index is 13.1. The minimum Gasteiger partial charge on any atom is -0.466 e. The fourth-order valence-corrected chi connectivity index (χ4v) is 7.14. The Kier molecular flexibility index (Phi) is 6.77. The normalized spacial score (nSPS) is 24.1. The average molecular weight is 529 g/mol. The van der Waals surface area contributed by atoms with Gasteiger partial charge in [-0.2, -0.15) is 5.10 Å². The van der Waals surface area contributed by atoms with E-state index in [1.54, 1.807) is 4.68 Å². The van der Waals surface area contributed by atoms with Crippen molar-refractivity contribution in [3.05, 3.63) is 40.5 Å². The molecule has 37 heavy (non-hydrogen) atoms. The van der Waals surface area contributed by atoms with Crippen LogP contribution in [0, 0.1) is 11.8 Å². The Balaban J connectivity index is 0.943. The van der Waals surface area contributed by atoms with Crippen LogP contribution in [-0.4, -0.2) is 50.6 Å². The molecule has 3 heterocycles. The van der Waals surface area contributed by atoms with E-state index >= 15 is 0 Å². The minimum absolute atomic E-state index is 0.194. The number of benzene rings is 1. The molecule has 0 spiro atoms. The van der Waals surface area contributed by atoms with Gasteiger partial charge in [-0.1, -0.05) is 36.3 Å². The fraction of sp³-hybridized carbons (Fsp3) is 0.607. The number of carbonyl (C=O) groups excluding carboxylic acids is 1. The van der Waals surface area contributed by atoms with Crippen LogP contribution in [0.1, 0.15) is 72.3 Å². The second-order valence-corrected chi connectivity index (χ2v) is 12.3. The topological polar surface area (TPSA) is 60.2 Å². The summed E-state index contributed by atoms with van der Waals surface area (Å²) in [6.45, 7) is 2.89. The van der Waals surface area contributed by atoms with Crippen molar-refractivity contribution in [2.45, 2.75) is 76.4 Å². The lowest BCUT2D eigenvalue weighted by Gasteiger charge is -2.33. The van der Waals surface area contributed by atoms with Gasteiger partial charge in [-0.25, -0.2) is 13.8 Å². The Morgan fingerprint density at radius 3 is 2.76 bits per heavy atom. The number of hydrogen-bond donors (Lipinski definition) is 0. The van der Waals surface area contributed by atoms with Crippen molar-refractivity contribution in [2.24, 2.45) is 18.9 Å². The van der Waals surface area contributed by atoms with Crippen molar-refractivity contribution in [3.63, 3.8) is 0 Å². The standard InChI is InChI=1S/C28H34F2N4O2S/c1-33-16-22-21(3-2-4-23(22)32-33)25(35)13-19-7-5-18(6-8-19)9-11-34-12-10-26-24(17-34)31-27(37-26)36-20-14-28(29,30)15-20/h2-4,16,18-20H,5-15,17H2,1H3. The van der Waals surface area contributed by atoms with E-state index < -0.39 is 12.0 Å². The van der Waals surface area contributed by atoms with Crippen LogP contribution in [-0.2, 0) is 20.0 Å². The Morgan fingerprint density at radius 1 is 1.19 bits per heavy atom. The molecule has 3 aromatic rings. The molecule has 2 aromatic heterocycles. The van der Waals surface area contributed by atoms with Gasteiger partial charge in [-0.3, -0.25) is 14.4 Å². The van der Waals surface area contributed by atoms with Gasteiger partial charge in [-0.05, 0) is 50.1 Å². The van der Waals surface area contributed by atoms with E-state index in [4.69, 9.17) is 4.74 Å². The third kappa shape index (κ3) is 5.58. The molecule has 0 saturated heterocycles. The summed E-state index contributed by atoms with van der Waals surface area (Å²) in [5.74, 6) is -1.15. The van der Waals surface area contributed by atoms with Gasteiger partial charge in [0.25, 0.3) is 11.1 Å². The number of ether oxygens (including phenoxy) is 1. The number of thiazole rings is 1. The molecule has 0 bridgehead atoms. The molecule has 1 aliphatic heterocycles. The summed E-state index contributed by atoms with van der Waals surface area (Å²) in [6.07, 6.45) is 8.54. The van der Waals surface area contributed by atoms with Crippen molar-refractivity contribution < 1.29 is 18.3 Å². The summed E-state index contributed by atoms with van der Waals surface area (Å²) < 4.78 is 33.6. The second kappa shape index (κ2) is 10.1. The number of nitrogens with zero attached hydrogens (tertiary/aromatic N) is 4. The number of ketones is 1. The Morgan fingerprint density at radius 2 is 1.97 bits per heavy atom. The molecular weight excluding hydrogens is 494 g/mol. The lowest BCUT2D eigenvalue weighted by molar-refractivity contribution is -0.134. The molecule has 0 amide bonds. The minimum atomic E-state index is -2.57. The van der Waals surface area contributed by atoms with E-state index in [-0.39, 0.29) is 18.6 Å². The lowest BCUT2D eigenvalue weighted by atomic mass is 9.78. The fourth-order valence-electron chi connectivity index (χ4n) is 6.17. The van der Waals surface area contributed by atoms with E-state index in [1.807, 2.05) is 31.4 Å². The van der Waals surface area contributed by atoms with Gasteiger partial charge >= 0.3 is 0 Å². The Bertz CT molecular complexity index is 1270. The van der Waals surface area contributed by atoms with Gasteiger partial charge in [-0.15, -0.1) is 0 Å². The van der Waals surface area contributed by atoms with Crippen LogP contribution < -0.4 is 4.74 Å². The van der Waals surface area contributed by atoms with Crippen LogP contribution >= 0.6 is 11.3 Å². The molecule has 2 fully saturated rings. The summed E-state index contributed by atoms with van der Waals surface area (Å²) in [6, 6.07) is 5.82. The van der Waals surface area contributed by atoms with Gasteiger partial charge in [0.1, 0.15) is 6.10 Å². The van der Waals surface area contributed by atoms with E-state index in [1.165, 1.54) is 35.5 Å². The Hall–Kier alpha value is -2.39. The molecular formula is C28H34F2N4O2S. The van der Waals surface area contributed by atoms with Gasteiger partial charge in [0, 0.05) is 61.4 Å². The largest absolute Gasteiger partial charge is 0.466 e. The first-order valence-electron chi connectivity index (χ1n) is 13.5. The highest BCUT2D eigenvalue weighted by atomic mass is 32.1. The molecule has 1 aromatic carbocycles. The number of aromatic nitrogens is 3. The van der Waals surface area contributed by atoms with Crippen LogP contribution in [0.4, 0.5) is 8.78 Å². The molecule has 3 aliphatic rings. The summed E-state index contributed by atoms with van der Waals surface area (Å²) in [4.78, 5) is 21.4. The smallest absolute Gasteiger partial charge is 0.273 e. The summed E-state index contributed by atoms with van der Waals surface area (Å²) >= 11 is 1.53. The predicted octanol–water partition coefficient (Wildman–Crippen LogP) is 6.03. The first-order valence-corrected chi connectivity index (χ1v) is 14.3. The van der Waals surface area contributed by atoms with Gasteiger partial charge in [0.05, 0.1) is 11.2 Å². The highest BCUT2D eigenvalue weighted by molar-refractivity contribution is 7.13. The van der Waals surface area contributed by atoms with Crippen molar-refractivity contribution in [3.8, 4) is 5.19 Å². The number of carbonyl (C=O) groups is 1. The zero-order valence-corrected chi connectivity index (χ0v) is 22.1. The number of fused-ring (bicyclic) bond motifs is 2. The van der Waals surface area contributed by atoms with E-state index in [0.29, 0.717) is 23.5 Å². The maximum Gasteiger partial charge on any atom is 0.273 e. The van der Waals surface area contributed by atoms with Crippen molar-refractivity contribution in [2.75, 3.05) is 13.1 Å². The second-order valence-electron chi connectivity index (χ2n) is 11.2. The van der Waals surface area contributed by atoms with Crippen LogP contribution in [0.25, 0.3) is 10.9 Å². The molecule has 198 valence electrons. The van der Waals surface area contributed by atoms with Gasteiger partial charge < -0.3 is 4.74 Å². The quantitative estimate of drug-likeness (QED) is 0.334. The zero-order valence-electron chi connectivity index (χ0n) is 21.3. The molecule has 0 unspecified atom stereocenters.